The van der Waals surface area contributed by atoms with Crippen molar-refractivity contribution in [1.82, 2.24) is 0 Å². The second-order valence-electron chi connectivity index (χ2n) is 3.65. The topological polar surface area (TPSA) is 29.1 Å². The molecule has 0 saturated carbocycles. The number of hydrogen-bond donors (Lipinski definition) is 1. The van der Waals surface area contributed by atoms with Crippen molar-refractivity contribution < 1.29 is 4.79 Å². The van der Waals surface area contributed by atoms with Gasteiger partial charge in [-0.1, -0.05) is 58.5 Å². The van der Waals surface area contributed by atoms with Crippen molar-refractivity contribution in [2.75, 3.05) is 5.32 Å². The molecule has 19 heavy (non-hydrogen) atoms. The summed E-state index contributed by atoms with van der Waals surface area (Å²) in [6.07, 6.45) is 0. The minimum Gasteiger partial charge on any atom is -0.321 e. The molecule has 1 N–H and O–H groups in total. The molecule has 2 nitrogen and oxygen atoms in total. The van der Waals surface area contributed by atoms with Crippen LogP contribution < -0.4 is 5.32 Å². The molecular weight excluding hydrogens is 328 g/mol. The van der Waals surface area contributed by atoms with E-state index in [4.69, 9.17) is 46.4 Å². The van der Waals surface area contributed by atoms with Crippen molar-refractivity contribution in [2.45, 2.75) is 0 Å². The third-order valence-corrected chi connectivity index (χ3v) is 3.84. The number of hydrogen-bond acceptors (Lipinski definition) is 1. The normalized spacial score (nSPS) is 10.3. The Morgan fingerprint density at radius 1 is 0.842 bits per heavy atom. The van der Waals surface area contributed by atoms with Gasteiger partial charge in [-0.25, -0.2) is 0 Å². The van der Waals surface area contributed by atoms with Crippen molar-refractivity contribution >= 4 is 58.0 Å². The highest BCUT2D eigenvalue weighted by Crippen LogP contribution is 2.32. The van der Waals surface area contributed by atoms with Crippen molar-refractivity contribution in [1.29, 1.82) is 0 Å². The molecule has 0 aliphatic heterocycles. The van der Waals surface area contributed by atoms with Crippen LogP contribution in [0.15, 0.2) is 36.4 Å². The van der Waals surface area contributed by atoms with Gasteiger partial charge in [0.2, 0.25) is 0 Å². The monoisotopic (exact) mass is 333 g/mol. The number of nitrogens with one attached hydrogen (secondary N) is 1. The van der Waals surface area contributed by atoms with E-state index in [0.29, 0.717) is 10.7 Å². The van der Waals surface area contributed by atoms with E-state index in [0.717, 1.165) is 0 Å². The molecule has 98 valence electrons. The third-order valence-electron chi connectivity index (χ3n) is 2.39. The van der Waals surface area contributed by atoms with Gasteiger partial charge in [0.1, 0.15) is 0 Å². The fourth-order valence-electron chi connectivity index (χ4n) is 1.48. The number of carbonyl (C=O) groups is 1. The van der Waals surface area contributed by atoms with Gasteiger partial charge in [0.05, 0.1) is 31.3 Å². The largest absolute Gasteiger partial charge is 0.321 e. The highest BCUT2D eigenvalue weighted by molar-refractivity contribution is 6.46. The Balaban J connectivity index is 2.36. The van der Waals surface area contributed by atoms with E-state index in [-0.39, 0.29) is 20.6 Å². The molecule has 1 amide bonds. The molecular formula is C13H7Cl4NO. The maximum atomic E-state index is 12.2. The molecule has 0 heterocycles. The summed E-state index contributed by atoms with van der Waals surface area (Å²) in [5.41, 5.74) is 0.594. The third kappa shape index (κ3) is 3.15. The Bertz CT molecular complexity index is 643. The van der Waals surface area contributed by atoms with Gasteiger partial charge in [-0.2, -0.15) is 0 Å². The summed E-state index contributed by atoms with van der Waals surface area (Å²) in [5.74, 6) is -0.467. The molecule has 0 aromatic heterocycles. The number of rotatable bonds is 2. The fraction of sp³-hybridized carbons (Fsp3) is 0. The highest BCUT2D eigenvalue weighted by atomic mass is 35.5. The van der Waals surface area contributed by atoms with E-state index in [2.05, 4.69) is 5.32 Å². The van der Waals surface area contributed by atoms with Crippen LogP contribution in [0, 0.1) is 0 Å². The summed E-state index contributed by atoms with van der Waals surface area (Å²) in [5, 5.41) is 3.65. The maximum Gasteiger partial charge on any atom is 0.258 e. The van der Waals surface area contributed by atoms with Crippen LogP contribution in [0.1, 0.15) is 10.4 Å². The molecule has 2 aromatic carbocycles. The molecule has 0 unspecified atom stereocenters. The summed E-state index contributed by atoms with van der Waals surface area (Å²) in [6.45, 7) is 0. The van der Waals surface area contributed by atoms with E-state index < -0.39 is 5.91 Å². The fourth-order valence-corrected chi connectivity index (χ4v) is 2.37. The lowest BCUT2D eigenvalue weighted by atomic mass is 10.2. The first-order chi connectivity index (χ1) is 9.00. The molecule has 0 fully saturated rings. The minimum atomic E-state index is -0.467. The van der Waals surface area contributed by atoms with Crippen LogP contribution in [-0.4, -0.2) is 5.91 Å². The van der Waals surface area contributed by atoms with E-state index >= 15 is 0 Å². The molecule has 6 heteroatoms. The molecule has 0 radical (unpaired) electrons. The average molecular weight is 335 g/mol. The standard InChI is InChI=1S/C13H7Cl4NO/c14-7-3-1-2-4-10(7)18-13(19)11-8(15)5-6-9(16)12(11)17/h1-6H,(H,18,19). The van der Waals surface area contributed by atoms with Crippen LogP contribution in [0.25, 0.3) is 0 Å². The Hall–Kier alpha value is -0.930. The second kappa shape index (κ2) is 6.02. The van der Waals surface area contributed by atoms with Crippen molar-refractivity contribution in [3.8, 4) is 0 Å². The van der Waals surface area contributed by atoms with Gasteiger partial charge in [-0.15, -0.1) is 0 Å². The molecule has 2 aromatic rings. The summed E-state index contributed by atoms with van der Waals surface area (Å²) in [6, 6.07) is 9.89. The molecule has 0 atom stereocenters. The number of amides is 1. The zero-order chi connectivity index (χ0) is 14.0. The predicted molar refractivity (Wildman–Crippen MR) is 80.9 cm³/mol. The first-order valence-electron chi connectivity index (χ1n) is 5.20. The first-order valence-corrected chi connectivity index (χ1v) is 6.71. The van der Waals surface area contributed by atoms with Crippen LogP contribution in [-0.2, 0) is 0 Å². The summed E-state index contributed by atoms with van der Waals surface area (Å²) >= 11 is 23.8. The first kappa shape index (κ1) is 14.5. The number of para-hydroxylation sites is 1. The average Bonchev–Trinajstić information content (AvgIpc) is 2.37. The van der Waals surface area contributed by atoms with Crippen LogP contribution in [0.2, 0.25) is 20.1 Å². The molecule has 2 rings (SSSR count). The van der Waals surface area contributed by atoms with Gasteiger partial charge in [0.25, 0.3) is 5.91 Å². The lowest BCUT2D eigenvalue weighted by Gasteiger charge is -2.10. The second-order valence-corrected chi connectivity index (χ2v) is 5.25. The van der Waals surface area contributed by atoms with E-state index in [1.165, 1.54) is 12.1 Å². The summed E-state index contributed by atoms with van der Waals surface area (Å²) < 4.78 is 0. The summed E-state index contributed by atoms with van der Waals surface area (Å²) in [7, 11) is 0. The van der Waals surface area contributed by atoms with Crippen molar-refractivity contribution in [3.05, 3.63) is 62.1 Å². The van der Waals surface area contributed by atoms with E-state index in [1.807, 2.05) is 0 Å². The number of anilines is 1. The zero-order valence-corrected chi connectivity index (χ0v) is 12.4. The van der Waals surface area contributed by atoms with Crippen molar-refractivity contribution in [3.63, 3.8) is 0 Å². The number of benzene rings is 2. The number of halogens is 4. The molecule has 0 aliphatic carbocycles. The van der Waals surface area contributed by atoms with Gasteiger partial charge in [0, 0.05) is 0 Å². The highest BCUT2D eigenvalue weighted by Gasteiger charge is 2.18. The summed E-state index contributed by atoms with van der Waals surface area (Å²) in [4.78, 5) is 12.2. The minimum absolute atomic E-state index is 0.110. The predicted octanol–water partition coefficient (Wildman–Crippen LogP) is 5.55. The SMILES string of the molecule is O=C(Nc1ccccc1Cl)c1c(Cl)ccc(Cl)c1Cl. The van der Waals surface area contributed by atoms with Gasteiger partial charge >= 0.3 is 0 Å². The van der Waals surface area contributed by atoms with E-state index in [1.54, 1.807) is 24.3 Å². The Kier molecular flexibility index (Phi) is 4.58. The molecule has 0 aliphatic rings. The quantitative estimate of drug-likeness (QED) is 0.716. The molecule has 0 spiro atoms. The Morgan fingerprint density at radius 2 is 1.47 bits per heavy atom. The van der Waals surface area contributed by atoms with Crippen LogP contribution in [0.3, 0.4) is 0 Å². The van der Waals surface area contributed by atoms with Crippen LogP contribution in [0.5, 0.6) is 0 Å². The van der Waals surface area contributed by atoms with Crippen molar-refractivity contribution in [2.24, 2.45) is 0 Å². The maximum absolute atomic E-state index is 12.2. The van der Waals surface area contributed by atoms with E-state index in [9.17, 15) is 4.79 Å². The van der Waals surface area contributed by atoms with Crippen LogP contribution >= 0.6 is 46.4 Å². The van der Waals surface area contributed by atoms with Gasteiger partial charge in [-0.05, 0) is 24.3 Å². The lowest BCUT2D eigenvalue weighted by Crippen LogP contribution is -2.13. The van der Waals surface area contributed by atoms with Crippen LogP contribution in [0.4, 0.5) is 5.69 Å². The van der Waals surface area contributed by atoms with Gasteiger partial charge < -0.3 is 5.32 Å². The molecule has 0 saturated heterocycles. The zero-order valence-electron chi connectivity index (χ0n) is 9.38. The lowest BCUT2D eigenvalue weighted by molar-refractivity contribution is 0.102. The number of carbonyl (C=O) groups excluding carboxylic acids is 1. The van der Waals surface area contributed by atoms with Gasteiger partial charge in [-0.3, -0.25) is 4.79 Å². The molecule has 0 bridgehead atoms. The Morgan fingerprint density at radius 3 is 2.16 bits per heavy atom. The Labute approximate surface area is 130 Å². The smallest absolute Gasteiger partial charge is 0.258 e. The van der Waals surface area contributed by atoms with Gasteiger partial charge in [0.15, 0.2) is 0 Å².